The van der Waals surface area contributed by atoms with Crippen LogP contribution in [0.15, 0.2) is 24.3 Å². The van der Waals surface area contributed by atoms with Crippen molar-refractivity contribution in [2.45, 2.75) is 32.4 Å². The summed E-state index contributed by atoms with van der Waals surface area (Å²) < 4.78 is 0. The Bertz CT molecular complexity index is 692. The number of carbonyl (C=O) groups excluding carboxylic acids is 2. The Morgan fingerprint density at radius 1 is 1.12 bits per heavy atom. The molecule has 0 heterocycles. The van der Waals surface area contributed by atoms with E-state index in [9.17, 15) is 19.2 Å². The van der Waals surface area contributed by atoms with Crippen LogP contribution in [0, 0.1) is 5.92 Å². The summed E-state index contributed by atoms with van der Waals surface area (Å²) in [5.74, 6) is -3.76. The van der Waals surface area contributed by atoms with Crippen molar-refractivity contribution in [3.05, 3.63) is 35.4 Å². The third-order valence-electron chi connectivity index (χ3n) is 3.60. The fourth-order valence-corrected chi connectivity index (χ4v) is 2.46. The number of nitrogens with one attached hydrogen (secondary N) is 2. The van der Waals surface area contributed by atoms with Gasteiger partial charge in [0.2, 0.25) is 11.8 Å². The van der Waals surface area contributed by atoms with Crippen LogP contribution in [0.4, 0.5) is 0 Å². The maximum atomic E-state index is 12.2. The van der Waals surface area contributed by atoms with Crippen molar-refractivity contribution in [3.63, 3.8) is 0 Å². The van der Waals surface area contributed by atoms with Gasteiger partial charge in [-0.15, -0.1) is 0 Å². The second-order valence-corrected chi connectivity index (χ2v) is 6.42. The smallest absolute Gasteiger partial charge is 0.335 e. The van der Waals surface area contributed by atoms with Crippen molar-refractivity contribution in [1.82, 2.24) is 10.6 Å². The highest BCUT2D eigenvalue weighted by molar-refractivity contribution is 7.80. The van der Waals surface area contributed by atoms with Crippen LogP contribution in [0.25, 0.3) is 0 Å². The topological polar surface area (TPSA) is 133 Å². The summed E-state index contributed by atoms with van der Waals surface area (Å²) in [4.78, 5) is 46.5. The Morgan fingerprint density at radius 2 is 1.77 bits per heavy atom. The number of carboxylic acids is 2. The van der Waals surface area contributed by atoms with Crippen LogP contribution in [-0.2, 0) is 20.8 Å². The second-order valence-electron chi connectivity index (χ2n) is 6.05. The van der Waals surface area contributed by atoms with Crippen molar-refractivity contribution >= 4 is 36.4 Å². The molecule has 0 aromatic heterocycles. The van der Waals surface area contributed by atoms with Crippen LogP contribution in [0.1, 0.15) is 29.8 Å². The number of carboxylic acid groups (broad SMARTS) is 2. The molecule has 1 unspecified atom stereocenters. The first kappa shape index (κ1) is 21.5. The summed E-state index contributed by atoms with van der Waals surface area (Å²) in [5.41, 5.74) is 0.534. The molecule has 26 heavy (non-hydrogen) atoms. The molecule has 0 bridgehead atoms. The molecular formula is C17H22N2O6S. The molecule has 1 aromatic rings. The van der Waals surface area contributed by atoms with E-state index in [0.717, 1.165) is 0 Å². The van der Waals surface area contributed by atoms with Gasteiger partial charge in [-0.25, -0.2) is 9.59 Å². The summed E-state index contributed by atoms with van der Waals surface area (Å²) >= 11 is 4.02. The predicted molar refractivity (Wildman–Crippen MR) is 97.3 cm³/mol. The Morgan fingerprint density at radius 3 is 2.27 bits per heavy atom. The van der Waals surface area contributed by atoms with E-state index in [1.807, 2.05) is 0 Å². The molecule has 0 aliphatic carbocycles. The lowest BCUT2D eigenvalue weighted by Gasteiger charge is -2.22. The Balaban J connectivity index is 2.73. The molecule has 0 saturated carbocycles. The van der Waals surface area contributed by atoms with Gasteiger partial charge in [-0.3, -0.25) is 9.59 Å². The number of benzene rings is 1. The fourth-order valence-electron chi connectivity index (χ4n) is 2.21. The molecule has 0 spiro atoms. The summed E-state index contributed by atoms with van der Waals surface area (Å²) in [6.07, 6.45) is -0.120. The van der Waals surface area contributed by atoms with Crippen LogP contribution in [0.5, 0.6) is 0 Å². The van der Waals surface area contributed by atoms with Crippen LogP contribution in [0.2, 0.25) is 0 Å². The molecule has 8 nitrogen and oxygen atoms in total. The highest BCUT2D eigenvalue weighted by Gasteiger charge is 2.27. The first-order valence-corrected chi connectivity index (χ1v) is 8.54. The summed E-state index contributed by atoms with van der Waals surface area (Å²) in [5, 5.41) is 22.9. The van der Waals surface area contributed by atoms with Gasteiger partial charge >= 0.3 is 11.9 Å². The molecular weight excluding hydrogens is 360 g/mol. The zero-order valence-corrected chi connectivity index (χ0v) is 15.3. The number of aromatic carboxylic acids is 1. The molecule has 0 aliphatic heterocycles. The van der Waals surface area contributed by atoms with E-state index in [4.69, 9.17) is 10.2 Å². The maximum Gasteiger partial charge on any atom is 0.335 e. The minimum atomic E-state index is -1.16. The second kappa shape index (κ2) is 9.81. The van der Waals surface area contributed by atoms with Gasteiger partial charge in [0.1, 0.15) is 12.1 Å². The van der Waals surface area contributed by atoms with Crippen molar-refractivity contribution in [2.24, 2.45) is 5.92 Å². The van der Waals surface area contributed by atoms with Crippen molar-refractivity contribution < 1.29 is 29.4 Å². The normalized spacial score (nSPS) is 12.9. The molecule has 1 rings (SSSR count). The van der Waals surface area contributed by atoms with E-state index in [0.29, 0.717) is 5.56 Å². The lowest BCUT2D eigenvalue weighted by molar-refractivity contribution is -0.143. The molecule has 142 valence electrons. The minimum Gasteiger partial charge on any atom is -0.480 e. The highest BCUT2D eigenvalue weighted by Crippen LogP contribution is 2.07. The molecule has 0 fully saturated rings. The first-order valence-electron chi connectivity index (χ1n) is 7.91. The molecule has 1 aromatic carbocycles. The van der Waals surface area contributed by atoms with Crippen molar-refractivity contribution in [1.29, 1.82) is 0 Å². The largest absolute Gasteiger partial charge is 0.480 e. The lowest BCUT2D eigenvalue weighted by Crippen LogP contribution is -2.54. The Labute approximate surface area is 156 Å². The number of thiol groups is 1. The maximum absolute atomic E-state index is 12.2. The Hall–Kier alpha value is -2.55. The Kier molecular flexibility index (Phi) is 8.11. The molecule has 0 saturated heterocycles. The van der Waals surface area contributed by atoms with Crippen LogP contribution in [0.3, 0.4) is 0 Å². The van der Waals surface area contributed by atoms with E-state index in [1.54, 1.807) is 19.9 Å². The quantitative estimate of drug-likeness (QED) is 0.397. The van der Waals surface area contributed by atoms with Crippen LogP contribution < -0.4 is 10.6 Å². The van der Waals surface area contributed by atoms with Gasteiger partial charge < -0.3 is 20.8 Å². The molecule has 2 atom stereocenters. The summed E-state index contributed by atoms with van der Waals surface area (Å²) in [6, 6.07) is 3.82. The molecule has 9 heteroatoms. The third-order valence-corrected chi connectivity index (χ3v) is 3.97. The number of amides is 2. The van der Waals surface area contributed by atoms with E-state index in [1.165, 1.54) is 18.2 Å². The molecule has 2 amide bonds. The van der Waals surface area contributed by atoms with Crippen molar-refractivity contribution in [3.8, 4) is 0 Å². The zero-order chi connectivity index (χ0) is 19.9. The molecule has 0 radical (unpaired) electrons. The highest BCUT2D eigenvalue weighted by atomic mass is 32.1. The van der Waals surface area contributed by atoms with Gasteiger partial charge in [0.25, 0.3) is 0 Å². The van der Waals surface area contributed by atoms with Gasteiger partial charge in [0.05, 0.1) is 12.0 Å². The van der Waals surface area contributed by atoms with Gasteiger partial charge in [-0.05, 0) is 23.6 Å². The fraction of sp³-hybridized carbons (Fsp3) is 0.412. The average Bonchev–Trinajstić information content (AvgIpc) is 2.56. The third kappa shape index (κ3) is 6.40. The molecule has 4 N–H and O–H groups in total. The average molecular weight is 382 g/mol. The van der Waals surface area contributed by atoms with Crippen LogP contribution >= 0.6 is 12.6 Å². The number of carbonyl (C=O) groups is 4. The number of hydrogen-bond acceptors (Lipinski definition) is 5. The van der Waals surface area contributed by atoms with Gasteiger partial charge in [0, 0.05) is 5.75 Å². The molecule has 0 aliphatic rings. The van der Waals surface area contributed by atoms with Gasteiger partial charge in [0.15, 0.2) is 0 Å². The monoisotopic (exact) mass is 382 g/mol. The van der Waals surface area contributed by atoms with E-state index >= 15 is 0 Å². The van der Waals surface area contributed by atoms with Gasteiger partial charge in [-0.2, -0.15) is 12.6 Å². The lowest BCUT2D eigenvalue weighted by atomic mass is 10.0. The number of rotatable bonds is 9. The van der Waals surface area contributed by atoms with Gasteiger partial charge in [-0.1, -0.05) is 26.0 Å². The summed E-state index contributed by atoms with van der Waals surface area (Å²) in [7, 11) is 0. The van der Waals surface area contributed by atoms with Crippen molar-refractivity contribution in [2.75, 3.05) is 5.75 Å². The van der Waals surface area contributed by atoms with Crippen LogP contribution in [-0.4, -0.2) is 51.8 Å². The predicted octanol–water partition coefficient (Wildman–Crippen LogP) is 0.567. The SMILES string of the molecule is CC(C)[C@@H](NC(=O)C(CS)NC(=O)Cc1cccc(C(=O)O)c1)C(=O)O. The first-order chi connectivity index (χ1) is 12.1. The van der Waals surface area contributed by atoms with E-state index in [2.05, 4.69) is 23.3 Å². The number of hydrogen-bond donors (Lipinski definition) is 5. The number of aliphatic carboxylic acids is 1. The minimum absolute atomic E-state index is 0.0167. The summed E-state index contributed by atoms with van der Waals surface area (Å²) in [6.45, 7) is 3.31. The van der Waals surface area contributed by atoms with E-state index < -0.39 is 35.8 Å². The zero-order valence-electron chi connectivity index (χ0n) is 14.4. The van der Waals surface area contributed by atoms with E-state index in [-0.39, 0.29) is 23.7 Å². The standard InChI is InChI=1S/C17H22N2O6S/c1-9(2)14(17(24)25)19-15(21)12(8-26)18-13(20)7-10-4-3-5-11(6-10)16(22)23/h3-6,9,12,14,26H,7-8H2,1-2H3,(H,18,20)(H,19,21)(H,22,23)(H,24,25)/t12?,14-/m1/s1.